The van der Waals surface area contributed by atoms with E-state index in [0.29, 0.717) is 5.92 Å². The number of rotatable bonds is 1. The van der Waals surface area contributed by atoms with Crippen LogP contribution in [-0.4, -0.2) is 41.8 Å². The van der Waals surface area contributed by atoms with Crippen LogP contribution < -0.4 is 5.73 Å². The van der Waals surface area contributed by atoms with Gasteiger partial charge in [0.15, 0.2) is 0 Å². The van der Waals surface area contributed by atoms with E-state index in [9.17, 15) is 0 Å². The van der Waals surface area contributed by atoms with Gasteiger partial charge < -0.3 is 15.7 Å². The molecule has 2 fully saturated rings. The second kappa shape index (κ2) is 1.94. The maximum atomic E-state index is 9.00. The van der Waals surface area contributed by atoms with Gasteiger partial charge in [-0.2, -0.15) is 0 Å². The Kier molecular flexibility index (Phi) is 1.27. The van der Waals surface area contributed by atoms with E-state index in [0.717, 1.165) is 13.1 Å². The van der Waals surface area contributed by atoms with Crippen LogP contribution in [0.5, 0.6) is 0 Å². The molecule has 58 valence electrons. The van der Waals surface area contributed by atoms with Crippen molar-refractivity contribution in [3.63, 3.8) is 0 Å². The smallest absolute Gasteiger partial charge is 0.0627 e. The number of hydrogen-bond acceptors (Lipinski definition) is 3. The fraction of sp³-hybridized carbons (Fsp3) is 1.00. The van der Waals surface area contributed by atoms with E-state index in [1.165, 1.54) is 13.0 Å². The molecule has 2 saturated heterocycles. The van der Waals surface area contributed by atoms with Crippen molar-refractivity contribution in [3.8, 4) is 0 Å². The van der Waals surface area contributed by atoms with E-state index in [2.05, 4.69) is 4.90 Å². The van der Waals surface area contributed by atoms with Crippen molar-refractivity contribution in [3.05, 3.63) is 0 Å². The number of aliphatic hydroxyl groups excluding tert-OH is 1. The molecule has 0 amide bonds. The van der Waals surface area contributed by atoms with Gasteiger partial charge in [-0.3, -0.25) is 0 Å². The molecule has 2 heterocycles. The summed E-state index contributed by atoms with van der Waals surface area (Å²) in [5.74, 6) is 0.553. The summed E-state index contributed by atoms with van der Waals surface area (Å²) in [7, 11) is 0. The van der Waals surface area contributed by atoms with E-state index >= 15 is 0 Å². The van der Waals surface area contributed by atoms with Crippen molar-refractivity contribution in [2.24, 2.45) is 11.7 Å². The second-order valence-corrected chi connectivity index (χ2v) is 3.61. The van der Waals surface area contributed by atoms with Gasteiger partial charge in [-0.05, 0) is 18.9 Å². The third kappa shape index (κ3) is 0.713. The Balaban J connectivity index is 2.14. The van der Waals surface area contributed by atoms with Crippen molar-refractivity contribution in [2.45, 2.75) is 12.0 Å². The molecular formula is C7H14N2O. The van der Waals surface area contributed by atoms with Gasteiger partial charge in [-0.1, -0.05) is 0 Å². The van der Waals surface area contributed by atoms with Gasteiger partial charge in [0.2, 0.25) is 0 Å². The fourth-order valence-corrected chi connectivity index (χ4v) is 2.17. The first kappa shape index (κ1) is 6.58. The van der Waals surface area contributed by atoms with Gasteiger partial charge in [-0.15, -0.1) is 0 Å². The topological polar surface area (TPSA) is 49.5 Å². The van der Waals surface area contributed by atoms with Crippen molar-refractivity contribution in [2.75, 3.05) is 26.2 Å². The third-order valence-electron chi connectivity index (χ3n) is 2.90. The first-order chi connectivity index (χ1) is 4.74. The van der Waals surface area contributed by atoms with Crippen LogP contribution in [0.15, 0.2) is 0 Å². The zero-order valence-electron chi connectivity index (χ0n) is 6.08. The molecule has 3 atom stereocenters. The molecule has 0 radical (unpaired) electrons. The Bertz CT molecular complexity index is 151. The van der Waals surface area contributed by atoms with Gasteiger partial charge in [-0.25, -0.2) is 0 Å². The molecule has 3 nitrogen and oxygen atoms in total. The SMILES string of the molecule is N[C@@]1(CO)CN2CCC1C2. The molecule has 2 aliphatic heterocycles. The third-order valence-corrected chi connectivity index (χ3v) is 2.90. The van der Waals surface area contributed by atoms with Crippen LogP contribution in [0.4, 0.5) is 0 Å². The number of aliphatic hydroxyl groups is 1. The highest BCUT2D eigenvalue weighted by atomic mass is 16.3. The van der Waals surface area contributed by atoms with Gasteiger partial charge in [0.05, 0.1) is 12.1 Å². The zero-order valence-corrected chi connectivity index (χ0v) is 6.08. The molecule has 3 N–H and O–H groups in total. The molecule has 0 aromatic heterocycles. The summed E-state index contributed by atoms with van der Waals surface area (Å²) in [5, 5.41) is 9.00. The summed E-state index contributed by atoms with van der Waals surface area (Å²) in [6.45, 7) is 3.34. The zero-order chi connectivity index (χ0) is 7.19. The highest BCUT2D eigenvalue weighted by molar-refractivity contribution is 5.04. The number of nitrogens with two attached hydrogens (primary N) is 1. The molecule has 2 rings (SSSR count). The molecule has 10 heavy (non-hydrogen) atoms. The Morgan fingerprint density at radius 3 is 2.80 bits per heavy atom. The van der Waals surface area contributed by atoms with Crippen molar-refractivity contribution < 1.29 is 5.11 Å². The standard InChI is InChI=1S/C7H14N2O/c8-7(5-10)4-9-2-1-6(7)3-9/h6,10H,1-5,8H2/t6?,7-/m1/s1. The quantitative estimate of drug-likeness (QED) is 0.494. The maximum Gasteiger partial charge on any atom is 0.0627 e. The van der Waals surface area contributed by atoms with Crippen LogP contribution in [0.2, 0.25) is 0 Å². The molecule has 2 bridgehead atoms. The molecule has 2 unspecified atom stereocenters. The Morgan fingerprint density at radius 2 is 2.50 bits per heavy atom. The van der Waals surface area contributed by atoms with Crippen molar-refractivity contribution in [1.82, 2.24) is 4.90 Å². The number of fused-ring (bicyclic) bond motifs is 2. The summed E-state index contributed by atoms with van der Waals surface area (Å²) in [5.41, 5.74) is 5.69. The van der Waals surface area contributed by atoms with E-state index in [1.54, 1.807) is 0 Å². The minimum Gasteiger partial charge on any atom is -0.394 e. The highest BCUT2D eigenvalue weighted by Gasteiger charge is 2.46. The van der Waals surface area contributed by atoms with Gasteiger partial charge in [0.1, 0.15) is 0 Å². The van der Waals surface area contributed by atoms with Crippen LogP contribution in [-0.2, 0) is 0 Å². The predicted octanol–water partition coefficient (Wildman–Crippen LogP) is -0.988. The van der Waals surface area contributed by atoms with Gasteiger partial charge in [0, 0.05) is 13.1 Å². The molecule has 0 aliphatic carbocycles. The van der Waals surface area contributed by atoms with Gasteiger partial charge in [0.25, 0.3) is 0 Å². The summed E-state index contributed by atoms with van der Waals surface area (Å²) in [6.07, 6.45) is 1.18. The van der Waals surface area contributed by atoms with Crippen LogP contribution in [0.1, 0.15) is 6.42 Å². The van der Waals surface area contributed by atoms with Crippen molar-refractivity contribution >= 4 is 0 Å². The molecule has 0 aromatic rings. The minimum atomic E-state index is -0.266. The van der Waals surface area contributed by atoms with Crippen LogP contribution in [0.25, 0.3) is 0 Å². The Hall–Kier alpha value is -0.120. The monoisotopic (exact) mass is 142 g/mol. The second-order valence-electron chi connectivity index (χ2n) is 3.61. The highest BCUT2D eigenvalue weighted by Crippen LogP contribution is 2.33. The lowest BCUT2D eigenvalue weighted by Crippen LogP contribution is -2.53. The number of nitrogens with zero attached hydrogens (tertiary/aromatic N) is 1. The lowest BCUT2D eigenvalue weighted by atomic mass is 9.86. The van der Waals surface area contributed by atoms with Crippen molar-refractivity contribution in [1.29, 1.82) is 0 Å². The largest absolute Gasteiger partial charge is 0.394 e. The first-order valence-corrected chi connectivity index (χ1v) is 3.87. The number of piperidine rings is 1. The van der Waals surface area contributed by atoms with E-state index in [-0.39, 0.29) is 12.1 Å². The summed E-state index contributed by atoms with van der Waals surface area (Å²) in [6, 6.07) is 0. The molecule has 0 saturated carbocycles. The average molecular weight is 142 g/mol. The molecule has 3 heteroatoms. The lowest BCUT2D eigenvalue weighted by Gasteiger charge is -2.31. The van der Waals surface area contributed by atoms with Crippen LogP contribution >= 0.6 is 0 Å². The van der Waals surface area contributed by atoms with E-state index in [4.69, 9.17) is 10.8 Å². The molecule has 0 spiro atoms. The average Bonchev–Trinajstić information content (AvgIpc) is 2.46. The molecular weight excluding hydrogens is 128 g/mol. The first-order valence-electron chi connectivity index (χ1n) is 3.87. The number of hydrogen-bond donors (Lipinski definition) is 2. The predicted molar refractivity (Wildman–Crippen MR) is 38.6 cm³/mol. The molecule has 0 aromatic carbocycles. The Labute approximate surface area is 60.8 Å². The lowest BCUT2D eigenvalue weighted by molar-refractivity contribution is 0.145. The van der Waals surface area contributed by atoms with Crippen LogP contribution in [0, 0.1) is 5.92 Å². The normalized spacial score (nSPS) is 52.2. The maximum absolute atomic E-state index is 9.00. The van der Waals surface area contributed by atoms with E-state index < -0.39 is 0 Å². The molecule has 2 aliphatic rings. The minimum absolute atomic E-state index is 0.147. The fourth-order valence-electron chi connectivity index (χ4n) is 2.17. The van der Waals surface area contributed by atoms with Crippen LogP contribution in [0.3, 0.4) is 0 Å². The summed E-state index contributed by atoms with van der Waals surface area (Å²) in [4.78, 5) is 2.33. The Morgan fingerprint density at radius 1 is 1.70 bits per heavy atom. The summed E-state index contributed by atoms with van der Waals surface area (Å²) >= 11 is 0. The summed E-state index contributed by atoms with van der Waals surface area (Å²) < 4.78 is 0. The van der Waals surface area contributed by atoms with E-state index in [1.807, 2.05) is 0 Å². The van der Waals surface area contributed by atoms with Gasteiger partial charge >= 0.3 is 0 Å².